The summed E-state index contributed by atoms with van der Waals surface area (Å²) in [5.74, 6) is -1.07. The second kappa shape index (κ2) is 3.92. The second-order valence-corrected chi connectivity index (χ2v) is 5.03. The first-order valence-corrected chi connectivity index (χ1v) is 6.30. The molecule has 0 unspecified atom stereocenters. The summed E-state index contributed by atoms with van der Waals surface area (Å²) >= 11 is 0. The van der Waals surface area contributed by atoms with Crippen LogP contribution in [0.2, 0.25) is 0 Å². The van der Waals surface area contributed by atoms with E-state index in [1.54, 1.807) is 24.3 Å². The van der Waals surface area contributed by atoms with E-state index in [1.165, 1.54) is 0 Å². The van der Waals surface area contributed by atoms with Crippen LogP contribution in [-0.2, 0) is 15.2 Å². The largest absolute Gasteiger partial charge is 0.375 e. The van der Waals surface area contributed by atoms with Gasteiger partial charge in [-0.15, -0.1) is 0 Å². The van der Waals surface area contributed by atoms with E-state index in [0.29, 0.717) is 24.1 Å². The molecule has 1 saturated carbocycles. The van der Waals surface area contributed by atoms with Gasteiger partial charge in [-0.05, 0) is 18.9 Å². The van der Waals surface area contributed by atoms with E-state index in [4.69, 9.17) is 0 Å². The molecule has 1 aromatic rings. The Morgan fingerprint density at radius 1 is 1.22 bits per heavy atom. The Labute approximate surface area is 105 Å². The number of aliphatic hydroxyl groups is 1. The molecular formula is C14H15NO3. The van der Waals surface area contributed by atoms with Gasteiger partial charge in [0.25, 0.3) is 5.91 Å². The van der Waals surface area contributed by atoms with E-state index in [2.05, 4.69) is 5.32 Å². The van der Waals surface area contributed by atoms with Gasteiger partial charge in [0.05, 0.1) is 5.92 Å². The molecular weight excluding hydrogens is 230 g/mol. The van der Waals surface area contributed by atoms with Crippen LogP contribution < -0.4 is 5.32 Å². The van der Waals surface area contributed by atoms with Gasteiger partial charge in [0.1, 0.15) is 5.78 Å². The van der Waals surface area contributed by atoms with E-state index in [9.17, 15) is 14.7 Å². The van der Waals surface area contributed by atoms with Crippen molar-refractivity contribution >= 4 is 17.4 Å². The molecule has 2 N–H and O–H groups in total. The lowest BCUT2D eigenvalue weighted by Gasteiger charge is -2.32. The molecule has 0 aromatic heterocycles. The normalized spacial score (nSPS) is 31.1. The number of amides is 1. The van der Waals surface area contributed by atoms with Gasteiger partial charge in [-0.3, -0.25) is 9.59 Å². The Bertz CT molecular complexity index is 526. The van der Waals surface area contributed by atoms with Crippen molar-refractivity contribution in [2.45, 2.75) is 31.3 Å². The first kappa shape index (κ1) is 11.4. The summed E-state index contributed by atoms with van der Waals surface area (Å²) in [5.41, 5.74) is -0.521. The summed E-state index contributed by atoms with van der Waals surface area (Å²) in [6, 6.07) is 7.04. The summed E-state index contributed by atoms with van der Waals surface area (Å²) in [6.45, 7) is 0. The fourth-order valence-corrected chi connectivity index (χ4v) is 3.04. The molecule has 1 aliphatic heterocycles. The van der Waals surface area contributed by atoms with E-state index in [1.807, 2.05) is 0 Å². The number of benzene rings is 1. The zero-order chi connectivity index (χ0) is 12.8. The summed E-state index contributed by atoms with van der Waals surface area (Å²) < 4.78 is 0. The first-order chi connectivity index (χ1) is 8.64. The third-order valence-electron chi connectivity index (χ3n) is 3.99. The van der Waals surface area contributed by atoms with Crippen molar-refractivity contribution in [3.05, 3.63) is 29.8 Å². The fourth-order valence-electron chi connectivity index (χ4n) is 3.04. The van der Waals surface area contributed by atoms with Gasteiger partial charge in [0.2, 0.25) is 0 Å². The van der Waals surface area contributed by atoms with E-state index in [-0.39, 0.29) is 5.78 Å². The summed E-state index contributed by atoms with van der Waals surface area (Å²) in [5, 5.41) is 13.4. The van der Waals surface area contributed by atoms with Crippen LogP contribution in [0.1, 0.15) is 31.2 Å². The van der Waals surface area contributed by atoms with Gasteiger partial charge in [0.15, 0.2) is 5.60 Å². The fraction of sp³-hybridized carbons (Fsp3) is 0.429. The molecule has 0 bridgehead atoms. The maximum absolute atomic E-state index is 12.1. The molecule has 94 valence electrons. The molecule has 2 atom stereocenters. The van der Waals surface area contributed by atoms with Crippen molar-refractivity contribution in [3.8, 4) is 0 Å². The van der Waals surface area contributed by atoms with Crippen LogP contribution in [0.3, 0.4) is 0 Å². The highest BCUT2D eigenvalue weighted by Gasteiger charge is 2.53. The van der Waals surface area contributed by atoms with Gasteiger partial charge in [-0.25, -0.2) is 0 Å². The number of carbonyl (C=O) groups is 2. The molecule has 3 rings (SSSR count). The van der Waals surface area contributed by atoms with E-state index < -0.39 is 17.4 Å². The Kier molecular flexibility index (Phi) is 2.48. The predicted octanol–water partition coefficient (Wildman–Crippen LogP) is 1.59. The van der Waals surface area contributed by atoms with Crippen LogP contribution in [0.5, 0.6) is 0 Å². The predicted molar refractivity (Wildman–Crippen MR) is 65.9 cm³/mol. The number of nitrogens with one attached hydrogen (secondary N) is 1. The standard InChI is InChI=1S/C14H15NO3/c16-12-8-4-2-6-10(12)14(18)9-5-1-3-7-11(9)15-13(14)17/h1,3,5,7,10,18H,2,4,6,8H2,(H,15,17)/t10-,14-/m1/s1. The van der Waals surface area contributed by atoms with Gasteiger partial charge in [0, 0.05) is 17.7 Å². The van der Waals surface area contributed by atoms with Crippen LogP contribution in [0.25, 0.3) is 0 Å². The zero-order valence-electron chi connectivity index (χ0n) is 9.98. The number of rotatable bonds is 1. The minimum absolute atomic E-state index is 0.00407. The van der Waals surface area contributed by atoms with Gasteiger partial charge >= 0.3 is 0 Å². The molecule has 18 heavy (non-hydrogen) atoms. The third kappa shape index (κ3) is 1.42. The van der Waals surface area contributed by atoms with Crippen LogP contribution in [0, 0.1) is 5.92 Å². The Balaban J connectivity index is 2.08. The maximum atomic E-state index is 12.1. The van der Waals surface area contributed by atoms with Crippen molar-refractivity contribution in [3.63, 3.8) is 0 Å². The van der Waals surface area contributed by atoms with Crippen LogP contribution in [0.4, 0.5) is 5.69 Å². The minimum atomic E-state index is -1.67. The summed E-state index contributed by atoms with van der Waals surface area (Å²) in [4.78, 5) is 24.1. The number of carbonyl (C=O) groups excluding carboxylic acids is 2. The Morgan fingerprint density at radius 3 is 2.78 bits per heavy atom. The van der Waals surface area contributed by atoms with Crippen molar-refractivity contribution in [2.24, 2.45) is 5.92 Å². The second-order valence-electron chi connectivity index (χ2n) is 5.03. The number of anilines is 1. The SMILES string of the molecule is O=C1CCCC[C@H]1[C@@]1(O)C(=O)Nc2ccccc21. The topological polar surface area (TPSA) is 66.4 Å². The highest BCUT2D eigenvalue weighted by atomic mass is 16.3. The van der Waals surface area contributed by atoms with Crippen LogP contribution in [0.15, 0.2) is 24.3 Å². The van der Waals surface area contributed by atoms with Gasteiger partial charge < -0.3 is 10.4 Å². The first-order valence-electron chi connectivity index (χ1n) is 6.30. The quantitative estimate of drug-likeness (QED) is 0.789. The van der Waals surface area contributed by atoms with Gasteiger partial charge in [-0.2, -0.15) is 0 Å². The lowest BCUT2D eigenvalue weighted by Crippen LogP contribution is -2.46. The van der Waals surface area contributed by atoms with Crippen molar-refractivity contribution in [2.75, 3.05) is 5.32 Å². The Morgan fingerprint density at radius 2 is 2.00 bits per heavy atom. The van der Waals surface area contributed by atoms with E-state index >= 15 is 0 Å². The molecule has 1 heterocycles. The minimum Gasteiger partial charge on any atom is -0.375 e. The highest BCUT2D eigenvalue weighted by Crippen LogP contribution is 2.44. The zero-order valence-corrected chi connectivity index (χ0v) is 9.98. The highest BCUT2D eigenvalue weighted by molar-refractivity contribution is 6.07. The number of hydrogen-bond donors (Lipinski definition) is 2. The van der Waals surface area contributed by atoms with Crippen LogP contribution in [-0.4, -0.2) is 16.8 Å². The van der Waals surface area contributed by atoms with Crippen LogP contribution >= 0.6 is 0 Å². The Hall–Kier alpha value is -1.68. The average Bonchev–Trinajstić information content (AvgIpc) is 2.63. The molecule has 0 radical (unpaired) electrons. The van der Waals surface area contributed by atoms with Crippen molar-refractivity contribution < 1.29 is 14.7 Å². The molecule has 4 nitrogen and oxygen atoms in total. The molecule has 2 aliphatic rings. The maximum Gasteiger partial charge on any atom is 0.261 e. The number of ketones is 1. The average molecular weight is 245 g/mol. The molecule has 0 saturated heterocycles. The lowest BCUT2D eigenvalue weighted by atomic mass is 9.73. The molecule has 0 spiro atoms. The smallest absolute Gasteiger partial charge is 0.261 e. The summed E-state index contributed by atoms with van der Waals surface area (Å²) in [6.07, 6.45) is 2.78. The molecule has 1 fully saturated rings. The van der Waals surface area contributed by atoms with E-state index in [0.717, 1.165) is 12.8 Å². The third-order valence-corrected chi connectivity index (χ3v) is 3.99. The summed E-state index contributed by atoms with van der Waals surface area (Å²) in [7, 11) is 0. The monoisotopic (exact) mass is 245 g/mol. The lowest BCUT2D eigenvalue weighted by molar-refractivity contribution is -0.150. The molecule has 1 amide bonds. The van der Waals surface area contributed by atoms with Crippen molar-refractivity contribution in [1.29, 1.82) is 0 Å². The number of fused-ring (bicyclic) bond motifs is 1. The van der Waals surface area contributed by atoms with Crippen molar-refractivity contribution in [1.82, 2.24) is 0 Å². The number of Topliss-reactive ketones (excluding diaryl/α,β-unsaturated/α-hetero) is 1. The number of hydrogen-bond acceptors (Lipinski definition) is 3. The number of para-hydroxylation sites is 1. The van der Waals surface area contributed by atoms with Gasteiger partial charge in [-0.1, -0.05) is 24.6 Å². The molecule has 4 heteroatoms. The molecule has 1 aliphatic carbocycles. The molecule has 1 aromatic carbocycles.